The molecule has 3 aromatic rings. The van der Waals surface area contributed by atoms with Crippen molar-refractivity contribution in [1.82, 2.24) is 10.3 Å². The van der Waals surface area contributed by atoms with E-state index in [2.05, 4.69) is 10.3 Å². The van der Waals surface area contributed by atoms with Crippen LogP contribution < -0.4 is 24.4 Å². The molecule has 0 unspecified atom stereocenters. The lowest BCUT2D eigenvalue weighted by atomic mass is 10.1. The van der Waals surface area contributed by atoms with Gasteiger partial charge in [0.1, 0.15) is 11.3 Å². The van der Waals surface area contributed by atoms with E-state index in [1.165, 1.54) is 38.7 Å². The number of aromatic nitrogens is 1. The fraction of sp³-hybridized carbons (Fsp3) is 0.300. The lowest BCUT2D eigenvalue weighted by Gasteiger charge is -2.16. The highest BCUT2D eigenvalue weighted by Crippen LogP contribution is 2.38. The van der Waals surface area contributed by atoms with Gasteiger partial charge in [-0.2, -0.15) is 0 Å². The van der Waals surface area contributed by atoms with Gasteiger partial charge in [0.05, 0.1) is 32.6 Å². The zero-order valence-corrected chi connectivity index (χ0v) is 17.4. The third-order valence-corrected chi connectivity index (χ3v) is 5.41. The molecule has 1 heterocycles. The van der Waals surface area contributed by atoms with E-state index in [0.29, 0.717) is 27.9 Å². The molecule has 0 spiro atoms. The number of methoxy groups -OCH3 is 3. The maximum Gasteiger partial charge on any atom is 0.239 e. The van der Waals surface area contributed by atoms with Crippen LogP contribution in [0.2, 0.25) is 0 Å². The lowest BCUT2D eigenvalue weighted by molar-refractivity contribution is -0.119. The first-order chi connectivity index (χ1) is 14.0. The quantitative estimate of drug-likeness (QED) is 0.605. The number of fused-ring (bicyclic) bond motifs is 1. The molecule has 29 heavy (non-hydrogen) atoms. The van der Waals surface area contributed by atoms with Crippen LogP contribution in [0.15, 0.2) is 30.3 Å². The number of carbonyl (C=O) groups excluding carboxylic acids is 1. The molecule has 0 saturated carbocycles. The largest absolute Gasteiger partial charge is 0.493 e. The molecule has 7 nitrogen and oxygen atoms in total. The standard InChI is InChI=1S/C20H22FN3O4S/c1-24(20-23-18-13(21)6-5-7-16(18)29-20)11-17(25)22-10-12-8-14(26-2)19(28-4)15(9-12)27-3/h5-9H,10-11H2,1-4H3,(H,22,25). The first-order valence-electron chi connectivity index (χ1n) is 8.78. The second-order valence-electron chi connectivity index (χ2n) is 6.25. The molecule has 1 amide bonds. The van der Waals surface area contributed by atoms with Crippen molar-refractivity contribution in [2.24, 2.45) is 0 Å². The molecule has 0 atom stereocenters. The summed E-state index contributed by atoms with van der Waals surface area (Å²) in [5.74, 6) is 0.966. The summed E-state index contributed by atoms with van der Waals surface area (Å²) in [5, 5.41) is 3.43. The van der Waals surface area contributed by atoms with E-state index >= 15 is 0 Å². The molecule has 1 aromatic heterocycles. The SMILES string of the molecule is COc1cc(CNC(=O)CN(C)c2nc3c(F)cccc3s2)cc(OC)c1OC. The van der Waals surface area contributed by atoms with E-state index < -0.39 is 0 Å². The maximum atomic E-state index is 13.8. The molecule has 9 heteroatoms. The Labute approximate surface area is 172 Å². The van der Waals surface area contributed by atoms with Gasteiger partial charge in [0, 0.05) is 13.6 Å². The molecule has 2 aromatic carbocycles. The van der Waals surface area contributed by atoms with Gasteiger partial charge in [-0.15, -0.1) is 0 Å². The minimum absolute atomic E-state index is 0.0892. The second kappa shape index (κ2) is 8.95. The van der Waals surface area contributed by atoms with Crippen molar-refractivity contribution < 1.29 is 23.4 Å². The van der Waals surface area contributed by atoms with Crippen LogP contribution in [0.5, 0.6) is 17.2 Å². The lowest BCUT2D eigenvalue weighted by Crippen LogP contribution is -2.34. The number of rotatable bonds is 8. The Morgan fingerprint density at radius 2 is 1.86 bits per heavy atom. The normalized spacial score (nSPS) is 10.7. The fourth-order valence-corrected chi connectivity index (χ4v) is 3.78. The molecule has 0 bridgehead atoms. The summed E-state index contributed by atoms with van der Waals surface area (Å²) in [6, 6.07) is 8.38. The van der Waals surface area contributed by atoms with Gasteiger partial charge >= 0.3 is 0 Å². The van der Waals surface area contributed by atoms with Crippen LogP contribution in [0.4, 0.5) is 9.52 Å². The van der Waals surface area contributed by atoms with E-state index in [9.17, 15) is 9.18 Å². The topological polar surface area (TPSA) is 72.9 Å². The molecule has 0 aliphatic heterocycles. The fourth-order valence-electron chi connectivity index (χ4n) is 2.84. The third kappa shape index (κ3) is 4.51. The molecular formula is C20H22FN3O4S. The Balaban J connectivity index is 1.65. The molecule has 0 saturated heterocycles. The number of carbonyl (C=O) groups is 1. The maximum absolute atomic E-state index is 13.8. The number of hydrogen-bond donors (Lipinski definition) is 1. The Bertz CT molecular complexity index is 999. The smallest absolute Gasteiger partial charge is 0.239 e. The number of anilines is 1. The van der Waals surface area contributed by atoms with Crippen molar-refractivity contribution in [3.05, 3.63) is 41.7 Å². The van der Waals surface area contributed by atoms with Crippen LogP contribution in [-0.2, 0) is 11.3 Å². The molecule has 154 valence electrons. The zero-order chi connectivity index (χ0) is 21.0. The number of benzene rings is 2. The van der Waals surface area contributed by atoms with Gasteiger partial charge in [0.25, 0.3) is 0 Å². The van der Waals surface area contributed by atoms with Gasteiger partial charge in [-0.05, 0) is 29.8 Å². The summed E-state index contributed by atoms with van der Waals surface area (Å²) in [5.41, 5.74) is 1.12. The minimum atomic E-state index is -0.370. The number of amides is 1. The summed E-state index contributed by atoms with van der Waals surface area (Å²) in [6.07, 6.45) is 0. The number of likely N-dealkylation sites (N-methyl/N-ethyl adjacent to an activating group) is 1. The number of nitrogens with zero attached hydrogens (tertiary/aromatic N) is 2. The van der Waals surface area contributed by atoms with Crippen LogP contribution in [0.25, 0.3) is 10.2 Å². The summed E-state index contributed by atoms with van der Waals surface area (Å²) >= 11 is 1.34. The van der Waals surface area contributed by atoms with E-state index in [1.807, 2.05) is 0 Å². The van der Waals surface area contributed by atoms with E-state index in [-0.39, 0.29) is 24.8 Å². The molecule has 0 aliphatic rings. The van der Waals surface area contributed by atoms with Crippen molar-refractivity contribution in [2.45, 2.75) is 6.54 Å². The summed E-state index contributed by atoms with van der Waals surface area (Å²) in [4.78, 5) is 18.4. The van der Waals surface area contributed by atoms with Crippen molar-refractivity contribution in [2.75, 3.05) is 39.8 Å². The molecule has 0 radical (unpaired) electrons. The zero-order valence-electron chi connectivity index (χ0n) is 16.6. The Kier molecular flexibility index (Phi) is 6.38. The van der Waals surface area contributed by atoms with Gasteiger partial charge in [0.2, 0.25) is 11.7 Å². The highest BCUT2D eigenvalue weighted by molar-refractivity contribution is 7.22. The van der Waals surface area contributed by atoms with Crippen LogP contribution in [-0.4, -0.2) is 45.8 Å². The number of ether oxygens (including phenoxy) is 3. The second-order valence-corrected chi connectivity index (χ2v) is 7.26. The van der Waals surface area contributed by atoms with Crippen molar-refractivity contribution in [1.29, 1.82) is 0 Å². The summed E-state index contributed by atoms with van der Waals surface area (Å²) < 4.78 is 30.5. The highest BCUT2D eigenvalue weighted by Gasteiger charge is 2.16. The Hall–Kier alpha value is -3.07. The first kappa shape index (κ1) is 20.7. The summed E-state index contributed by atoms with van der Waals surface area (Å²) in [7, 11) is 6.35. The predicted octanol–water partition coefficient (Wildman–Crippen LogP) is 3.21. The van der Waals surface area contributed by atoms with Gasteiger partial charge in [-0.3, -0.25) is 4.79 Å². The predicted molar refractivity (Wildman–Crippen MR) is 111 cm³/mol. The van der Waals surface area contributed by atoms with Crippen molar-refractivity contribution in [3.8, 4) is 17.2 Å². The molecule has 0 fully saturated rings. The number of hydrogen-bond acceptors (Lipinski definition) is 7. The Morgan fingerprint density at radius 3 is 2.45 bits per heavy atom. The minimum Gasteiger partial charge on any atom is -0.493 e. The summed E-state index contributed by atoms with van der Waals surface area (Å²) in [6.45, 7) is 0.379. The van der Waals surface area contributed by atoms with Crippen molar-refractivity contribution >= 4 is 32.6 Å². The van der Waals surface area contributed by atoms with E-state index in [4.69, 9.17) is 14.2 Å². The first-order valence-corrected chi connectivity index (χ1v) is 9.60. The van der Waals surface area contributed by atoms with Crippen LogP contribution >= 0.6 is 11.3 Å². The van der Waals surface area contributed by atoms with Crippen molar-refractivity contribution in [3.63, 3.8) is 0 Å². The number of nitrogens with one attached hydrogen (secondary N) is 1. The average Bonchev–Trinajstić information content (AvgIpc) is 3.17. The molecule has 0 aliphatic carbocycles. The molecular weight excluding hydrogens is 397 g/mol. The third-order valence-electron chi connectivity index (χ3n) is 4.28. The van der Waals surface area contributed by atoms with Crippen LogP contribution in [0, 0.1) is 5.82 Å². The van der Waals surface area contributed by atoms with Gasteiger partial charge in [-0.25, -0.2) is 9.37 Å². The van der Waals surface area contributed by atoms with Crippen LogP contribution in [0.3, 0.4) is 0 Å². The van der Waals surface area contributed by atoms with E-state index in [1.54, 1.807) is 36.2 Å². The van der Waals surface area contributed by atoms with Gasteiger partial charge in [0.15, 0.2) is 16.6 Å². The number of para-hydroxylation sites is 1. The van der Waals surface area contributed by atoms with Gasteiger partial charge in [-0.1, -0.05) is 17.4 Å². The Morgan fingerprint density at radius 1 is 1.17 bits per heavy atom. The van der Waals surface area contributed by atoms with E-state index in [0.717, 1.165) is 10.3 Å². The van der Waals surface area contributed by atoms with Gasteiger partial charge < -0.3 is 24.4 Å². The molecule has 3 rings (SSSR count). The number of halogens is 1. The molecule has 1 N–H and O–H groups in total. The monoisotopic (exact) mass is 419 g/mol. The average molecular weight is 419 g/mol. The number of thiazole rings is 1. The van der Waals surface area contributed by atoms with Crippen LogP contribution in [0.1, 0.15) is 5.56 Å². The highest BCUT2D eigenvalue weighted by atomic mass is 32.1.